The van der Waals surface area contributed by atoms with Crippen LogP contribution in [0.1, 0.15) is 22.7 Å². The molecule has 1 fully saturated rings. The highest BCUT2D eigenvalue weighted by atomic mass is 35.5. The Morgan fingerprint density at radius 2 is 1.75 bits per heavy atom. The number of ketones is 1. The Morgan fingerprint density at radius 3 is 2.44 bits per heavy atom. The molecule has 2 aliphatic rings. The molecule has 3 aromatic carbocycles. The maximum absolute atomic E-state index is 13.3. The van der Waals surface area contributed by atoms with Gasteiger partial charge in [0.2, 0.25) is 6.79 Å². The van der Waals surface area contributed by atoms with Crippen LogP contribution in [-0.2, 0) is 16.1 Å². The van der Waals surface area contributed by atoms with Gasteiger partial charge in [-0.3, -0.25) is 9.59 Å². The summed E-state index contributed by atoms with van der Waals surface area (Å²) in [6.07, 6.45) is 0. The van der Waals surface area contributed by atoms with Crippen molar-refractivity contribution in [1.82, 2.24) is 4.90 Å². The highest BCUT2D eigenvalue weighted by Crippen LogP contribution is 2.42. The molecule has 2 aliphatic heterocycles. The Hall–Kier alpha value is -4.17. The first kappa shape index (κ1) is 23.6. The Morgan fingerprint density at radius 1 is 1.00 bits per heavy atom. The molecule has 8 nitrogen and oxygen atoms in total. The van der Waals surface area contributed by atoms with E-state index >= 15 is 0 Å². The molecule has 1 amide bonds. The van der Waals surface area contributed by atoms with Crippen molar-refractivity contribution in [1.29, 1.82) is 0 Å². The fourth-order valence-electron chi connectivity index (χ4n) is 4.38. The maximum Gasteiger partial charge on any atom is 0.295 e. The van der Waals surface area contributed by atoms with E-state index < -0.39 is 17.7 Å². The van der Waals surface area contributed by atoms with E-state index in [-0.39, 0.29) is 29.7 Å². The summed E-state index contributed by atoms with van der Waals surface area (Å²) in [5.74, 6) is 0.376. The van der Waals surface area contributed by atoms with Crippen LogP contribution in [0.15, 0.2) is 66.2 Å². The Kier molecular flexibility index (Phi) is 6.20. The summed E-state index contributed by atoms with van der Waals surface area (Å²) in [6, 6.07) is 16.1. The van der Waals surface area contributed by atoms with Crippen molar-refractivity contribution in [2.24, 2.45) is 0 Å². The number of aliphatic hydroxyl groups is 1. The average molecular weight is 508 g/mol. The molecule has 1 atom stereocenters. The van der Waals surface area contributed by atoms with Crippen LogP contribution in [0.25, 0.3) is 5.76 Å². The summed E-state index contributed by atoms with van der Waals surface area (Å²) in [6.45, 7) is 0.234. The molecule has 5 rings (SSSR count). The molecule has 0 aromatic heterocycles. The lowest BCUT2D eigenvalue weighted by molar-refractivity contribution is -0.140. The van der Waals surface area contributed by atoms with Gasteiger partial charge in [-0.25, -0.2) is 0 Å². The highest BCUT2D eigenvalue weighted by Gasteiger charge is 2.46. The van der Waals surface area contributed by atoms with Gasteiger partial charge in [-0.15, -0.1) is 0 Å². The summed E-state index contributed by atoms with van der Waals surface area (Å²) >= 11 is 6.26. The van der Waals surface area contributed by atoms with Crippen molar-refractivity contribution in [3.8, 4) is 23.0 Å². The number of carbonyl (C=O) groups excluding carboxylic acids is 2. The molecule has 2 heterocycles. The lowest BCUT2D eigenvalue weighted by Gasteiger charge is -2.25. The number of hydrogen-bond acceptors (Lipinski definition) is 7. The summed E-state index contributed by atoms with van der Waals surface area (Å²) in [5, 5.41) is 11.5. The predicted octanol–water partition coefficient (Wildman–Crippen LogP) is 4.71. The van der Waals surface area contributed by atoms with Gasteiger partial charge in [0.1, 0.15) is 17.3 Å². The molecular formula is C27H22ClNO7. The van der Waals surface area contributed by atoms with Crippen LogP contribution in [-0.4, -0.2) is 42.7 Å². The van der Waals surface area contributed by atoms with Crippen molar-refractivity contribution < 1.29 is 33.6 Å². The number of methoxy groups -OCH3 is 2. The molecule has 1 N–H and O–H groups in total. The first-order valence-electron chi connectivity index (χ1n) is 11.1. The van der Waals surface area contributed by atoms with Crippen LogP contribution >= 0.6 is 11.6 Å². The van der Waals surface area contributed by atoms with E-state index in [1.165, 1.54) is 18.1 Å². The van der Waals surface area contributed by atoms with Gasteiger partial charge in [0.25, 0.3) is 11.7 Å². The number of amides is 1. The van der Waals surface area contributed by atoms with Gasteiger partial charge in [-0.2, -0.15) is 0 Å². The van der Waals surface area contributed by atoms with Gasteiger partial charge in [-0.1, -0.05) is 29.8 Å². The van der Waals surface area contributed by atoms with E-state index in [0.717, 1.165) is 5.56 Å². The van der Waals surface area contributed by atoms with Crippen molar-refractivity contribution in [3.05, 3.63) is 87.9 Å². The van der Waals surface area contributed by atoms with Crippen LogP contribution in [0.5, 0.6) is 23.0 Å². The second-order valence-electron chi connectivity index (χ2n) is 8.24. The number of rotatable bonds is 6. The number of halogens is 1. The zero-order chi connectivity index (χ0) is 25.4. The van der Waals surface area contributed by atoms with E-state index in [4.69, 9.17) is 30.5 Å². The Bertz CT molecular complexity index is 1380. The molecule has 1 unspecified atom stereocenters. The third-order valence-electron chi connectivity index (χ3n) is 6.19. The van der Waals surface area contributed by atoms with Crippen LogP contribution < -0.4 is 18.9 Å². The van der Waals surface area contributed by atoms with Gasteiger partial charge in [0, 0.05) is 12.1 Å². The largest absolute Gasteiger partial charge is 0.507 e. The van der Waals surface area contributed by atoms with Gasteiger partial charge in [0.05, 0.1) is 30.9 Å². The number of carbonyl (C=O) groups is 2. The molecule has 184 valence electrons. The summed E-state index contributed by atoms with van der Waals surface area (Å²) in [5.41, 5.74) is 1.64. The molecule has 1 saturated heterocycles. The minimum Gasteiger partial charge on any atom is -0.507 e. The normalized spacial score (nSPS) is 18.0. The molecular weight excluding hydrogens is 486 g/mol. The summed E-state index contributed by atoms with van der Waals surface area (Å²) in [4.78, 5) is 28.0. The topological polar surface area (TPSA) is 94.5 Å². The fraction of sp³-hybridized carbons (Fsp3) is 0.185. The van der Waals surface area contributed by atoms with Crippen LogP contribution in [0, 0.1) is 0 Å². The third-order valence-corrected chi connectivity index (χ3v) is 6.48. The van der Waals surface area contributed by atoms with E-state index in [9.17, 15) is 14.7 Å². The number of hydrogen-bond donors (Lipinski definition) is 1. The number of Topliss-reactive ketones (excluding diaryl/α,β-unsaturated/α-hetero) is 1. The molecule has 0 bridgehead atoms. The number of benzene rings is 3. The summed E-state index contributed by atoms with van der Waals surface area (Å²) in [7, 11) is 3.03. The van der Waals surface area contributed by atoms with Crippen molar-refractivity contribution in [2.45, 2.75) is 12.6 Å². The third kappa shape index (κ3) is 4.09. The van der Waals surface area contributed by atoms with Gasteiger partial charge in [-0.05, 0) is 53.6 Å². The predicted molar refractivity (Wildman–Crippen MR) is 131 cm³/mol. The lowest BCUT2D eigenvalue weighted by Crippen LogP contribution is -2.29. The number of aliphatic hydroxyl groups excluding tert-OH is 1. The first-order valence-corrected chi connectivity index (χ1v) is 11.4. The molecule has 0 saturated carbocycles. The van der Waals surface area contributed by atoms with E-state index in [1.807, 2.05) is 0 Å². The molecule has 3 aromatic rings. The standard InChI is InChI=1S/C27H22ClNO7/c1-33-18-7-4-16(5-8-18)24-23(25(30)17-6-10-20(34-2)19(28)12-17)26(31)27(32)29(24)13-15-3-9-21-22(11-15)36-14-35-21/h3-12,24,30H,13-14H2,1-2H3/b25-23+. The Balaban J connectivity index is 1.61. The average Bonchev–Trinajstić information content (AvgIpc) is 3.46. The molecule has 0 aliphatic carbocycles. The van der Waals surface area contributed by atoms with E-state index in [1.54, 1.807) is 61.7 Å². The molecule has 0 radical (unpaired) electrons. The molecule has 0 spiro atoms. The molecule has 9 heteroatoms. The van der Waals surface area contributed by atoms with Gasteiger partial charge in [0.15, 0.2) is 11.5 Å². The van der Waals surface area contributed by atoms with Gasteiger partial charge < -0.3 is 29.0 Å². The van der Waals surface area contributed by atoms with Crippen molar-refractivity contribution in [2.75, 3.05) is 21.0 Å². The Labute approximate surface area is 212 Å². The first-order chi connectivity index (χ1) is 17.4. The zero-order valence-electron chi connectivity index (χ0n) is 19.5. The van der Waals surface area contributed by atoms with Crippen LogP contribution in [0.3, 0.4) is 0 Å². The highest BCUT2D eigenvalue weighted by molar-refractivity contribution is 6.46. The van der Waals surface area contributed by atoms with E-state index in [2.05, 4.69) is 0 Å². The van der Waals surface area contributed by atoms with Crippen LogP contribution in [0.4, 0.5) is 0 Å². The fourth-order valence-corrected chi connectivity index (χ4v) is 4.64. The number of fused-ring (bicyclic) bond motifs is 1. The second-order valence-corrected chi connectivity index (χ2v) is 8.64. The number of likely N-dealkylation sites (tertiary alicyclic amines) is 1. The SMILES string of the molecule is COc1ccc(C2/C(=C(\O)c3ccc(OC)c(Cl)c3)C(=O)C(=O)N2Cc2ccc3c(c2)OCO3)cc1. The second kappa shape index (κ2) is 9.47. The van der Waals surface area contributed by atoms with Crippen molar-refractivity contribution >= 4 is 29.1 Å². The maximum atomic E-state index is 13.3. The van der Waals surface area contributed by atoms with Crippen molar-refractivity contribution in [3.63, 3.8) is 0 Å². The quantitative estimate of drug-likeness (QED) is 0.293. The van der Waals surface area contributed by atoms with Crippen LogP contribution in [0.2, 0.25) is 5.02 Å². The lowest BCUT2D eigenvalue weighted by atomic mass is 9.95. The van der Waals surface area contributed by atoms with Gasteiger partial charge >= 0.3 is 0 Å². The monoisotopic (exact) mass is 507 g/mol. The summed E-state index contributed by atoms with van der Waals surface area (Å²) < 4.78 is 21.3. The minimum absolute atomic E-state index is 0.0351. The zero-order valence-corrected chi connectivity index (χ0v) is 20.2. The minimum atomic E-state index is -0.845. The number of nitrogens with zero attached hydrogens (tertiary/aromatic N) is 1. The number of ether oxygens (including phenoxy) is 4. The molecule has 36 heavy (non-hydrogen) atoms. The van der Waals surface area contributed by atoms with E-state index in [0.29, 0.717) is 34.1 Å². The smallest absolute Gasteiger partial charge is 0.295 e.